The van der Waals surface area contributed by atoms with E-state index in [9.17, 15) is 22.9 Å². The lowest BCUT2D eigenvalue weighted by atomic mass is 10.0. The van der Waals surface area contributed by atoms with E-state index >= 15 is 0 Å². The number of nitrogens with zero attached hydrogens (tertiary/aromatic N) is 4. The summed E-state index contributed by atoms with van der Waals surface area (Å²) >= 11 is 0. The molecule has 0 saturated heterocycles. The molecule has 0 radical (unpaired) electrons. The van der Waals surface area contributed by atoms with E-state index in [2.05, 4.69) is 22.3 Å². The monoisotopic (exact) mass is 690 g/mol. The third kappa shape index (κ3) is 12.1. The van der Waals surface area contributed by atoms with Crippen molar-refractivity contribution in [1.29, 1.82) is 0 Å². The van der Waals surface area contributed by atoms with Gasteiger partial charge in [-0.3, -0.25) is 9.35 Å². The highest BCUT2D eigenvalue weighted by atomic mass is 32.2. The molecule has 1 aliphatic rings. The molecule has 10 nitrogen and oxygen atoms in total. The first-order valence-electron chi connectivity index (χ1n) is 17.7. The molecule has 264 valence electrons. The first-order chi connectivity index (χ1) is 23.8. The van der Waals surface area contributed by atoms with Crippen molar-refractivity contribution < 1.29 is 27.6 Å². The van der Waals surface area contributed by atoms with E-state index in [-0.39, 0.29) is 22.9 Å². The Bertz CT molecular complexity index is 1640. The van der Waals surface area contributed by atoms with Crippen LogP contribution in [-0.4, -0.2) is 35.7 Å². The topological polar surface area (TPSA) is 141 Å². The number of unbranched alkanes of at least 4 members (excludes halogenated alkanes) is 14. The second-order valence-corrected chi connectivity index (χ2v) is 14.0. The fourth-order valence-corrected chi connectivity index (χ4v) is 6.49. The smallest absolute Gasteiger partial charge is 0.298 e. The molecule has 0 spiro atoms. The van der Waals surface area contributed by atoms with Crippen LogP contribution in [0.1, 0.15) is 110 Å². The zero-order chi connectivity index (χ0) is 34.9. The van der Waals surface area contributed by atoms with Gasteiger partial charge in [-0.05, 0) is 55.3 Å². The Morgan fingerprint density at radius 1 is 0.776 bits per heavy atom. The standard InChI is InChI=1S/C38H50N4O6S/c1-2-3-4-5-6-7-8-9-10-11-12-13-14-15-19-25-33-37(40-39-32-24-20-21-26-34(32)43)38(44)42(41-33)30-27-28-35(36(29-30)49(45,46)47)48-31-22-17-16-18-23-31/h16-18,20-24,26-29,37,43H,2-15,19,25H2,1H3,(H,45,46,47)/t37-/m1/s1. The summed E-state index contributed by atoms with van der Waals surface area (Å²) in [7, 11) is -4.72. The van der Waals surface area contributed by atoms with Crippen molar-refractivity contribution in [3.8, 4) is 17.2 Å². The van der Waals surface area contributed by atoms with Crippen molar-refractivity contribution in [3.63, 3.8) is 0 Å². The number of para-hydroxylation sites is 2. The van der Waals surface area contributed by atoms with Crippen molar-refractivity contribution in [2.45, 2.75) is 121 Å². The molecular formula is C38H50N4O6S. The van der Waals surface area contributed by atoms with E-state index in [0.29, 0.717) is 17.9 Å². The van der Waals surface area contributed by atoms with Gasteiger partial charge in [-0.25, -0.2) is 0 Å². The molecule has 4 rings (SSSR count). The zero-order valence-corrected chi connectivity index (χ0v) is 29.4. The Balaban J connectivity index is 1.36. The molecule has 0 aliphatic carbocycles. The summed E-state index contributed by atoms with van der Waals surface area (Å²) < 4.78 is 40.5. The molecule has 11 heteroatoms. The summed E-state index contributed by atoms with van der Waals surface area (Å²) in [6.45, 7) is 2.25. The lowest BCUT2D eigenvalue weighted by molar-refractivity contribution is -0.117. The maximum atomic E-state index is 13.7. The fraction of sp³-hybridized carbons (Fsp3) is 0.474. The van der Waals surface area contributed by atoms with E-state index in [1.54, 1.807) is 48.5 Å². The van der Waals surface area contributed by atoms with Gasteiger partial charge < -0.3 is 9.84 Å². The summed E-state index contributed by atoms with van der Waals surface area (Å²) in [6.07, 6.45) is 19.1. The van der Waals surface area contributed by atoms with Crippen molar-refractivity contribution >= 4 is 33.1 Å². The van der Waals surface area contributed by atoms with Crippen molar-refractivity contribution in [3.05, 3.63) is 72.8 Å². The van der Waals surface area contributed by atoms with E-state index in [4.69, 9.17) is 4.74 Å². The van der Waals surface area contributed by atoms with Crippen molar-refractivity contribution in [2.75, 3.05) is 5.01 Å². The minimum absolute atomic E-state index is 0.0683. The molecule has 0 aromatic heterocycles. The number of azo groups is 1. The molecule has 0 fully saturated rings. The quantitative estimate of drug-likeness (QED) is 0.0610. The number of anilines is 1. The van der Waals surface area contributed by atoms with Crippen LogP contribution in [0.3, 0.4) is 0 Å². The van der Waals surface area contributed by atoms with E-state index in [1.807, 2.05) is 0 Å². The number of ether oxygens (including phenoxy) is 1. The van der Waals surface area contributed by atoms with E-state index in [0.717, 1.165) is 30.3 Å². The first-order valence-corrected chi connectivity index (χ1v) is 19.2. The van der Waals surface area contributed by atoms with Crippen LogP contribution in [0.25, 0.3) is 0 Å². The molecule has 0 saturated carbocycles. The van der Waals surface area contributed by atoms with Crippen LogP contribution in [0, 0.1) is 0 Å². The van der Waals surface area contributed by atoms with E-state index < -0.39 is 27.0 Å². The average molecular weight is 691 g/mol. The Labute approximate surface area is 291 Å². The first kappa shape index (κ1) is 37.7. The molecule has 1 heterocycles. The molecule has 3 aromatic rings. The number of carbonyl (C=O) groups excluding carboxylic acids is 1. The van der Waals surface area contributed by atoms with Crippen LogP contribution in [0.5, 0.6) is 17.2 Å². The van der Waals surface area contributed by atoms with Gasteiger partial charge >= 0.3 is 0 Å². The summed E-state index contributed by atoms with van der Waals surface area (Å²) in [5, 5.41) is 24.2. The maximum Gasteiger partial charge on any atom is 0.298 e. The molecule has 1 atom stereocenters. The summed E-state index contributed by atoms with van der Waals surface area (Å²) in [5.41, 5.74) is 0.848. The second kappa shape index (κ2) is 19.8. The van der Waals surface area contributed by atoms with Crippen LogP contribution in [-0.2, 0) is 14.9 Å². The number of phenols is 1. The number of phenolic OH excluding ortho intramolecular Hbond substituents is 1. The van der Waals surface area contributed by atoms with Gasteiger partial charge in [0.25, 0.3) is 16.0 Å². The number of hydrogen-bond donors (Lipinski definition) is 2. The van der Waals surface area contributed by atoms with Gasteiger partial charge in [0, 0.05) is 0 Å². The summed E-state index contributed by atoms with van der Waals surface area (Å²) in [4.78, 5) is 13.2. The van der Waals surface area contributed by atoms with Gasteiger partial charge in [-0.15, -0.1) is 0 Å². The van der Waals surface area contributed by atoms with E-state index in [1.165, 1.54) is 95.2 Å². The predicted molar refractivity (Wildman–Crippen MR) is 194 cm³/mol. The Morgan fingerprint density at radius 3 is 1.94 bits per heavy atom. The van der Waals surface area contributed by atoms with Crippen molar-refractivity contribution in [2.24, 2.45) is 15.3 Å². The summed E-state index contributed by atoms with van der Waals surface area (Å²) in [6, 6.07) is 18.0. The Morgan fingerprint density at radius 2 is 1.35 bits per heavy atom. The highest BCUT2D eigenvalue weighted by Crippen LogP contribution is 2.35. The van der Waals surface area contributed by atoms with Crippen LogP contribution in [0.15, 0.2) is 93.0 Å². The third-order valence-corrected chi connectivity index (χ3v) is 9.48. The Hall–Kier alpha value is -4.09. The minimum atomic E-state index is -4.72. The SMILES string of the molecule is CCCCCCCCCCCCCCCCCC1=NN(c2ccc(Oc3ccccc3)c(S(=O)(=O)O)c2)C(=O)[C@@H]1N=Nc1ccccc1O. The molecule has 1 aliphatic heterocycles. The van der Waals surface area contributed by atoms with Gasteiger partial charge in [0.2, 0.25) is 0 Å². The molecular weight excluding hydrogens is 641 g/mol. The van der Waals surface area contributed by atoms with Crippen LogP contribution >= 0.6 is 0 Å². The van der Waals surface area contributed by atoms with Crippen LogP contribution < -0.4 is 9.75 Å². The molecule has 1 amide bonds. The number of hydrazone groups is 1. The van der Waals surface area contributed by atoms with Crippen LogP contribution in [0.4, 0.5) is 11.4 Å². The highest BCUT2D eigenvalue weighted by Gasteiger charge is 2.37. The zero-order valence-electron chi connectivity index (χ0n) is 28.5. The highest BCUT2D eigenvalue weighted by molar-refractivity contribution is 7.86. The Kier molecular flexibility index (Phi) is 15.2. The largest absolute Gasteiger partial charge is 0.506 e. The molecule has 0 unspecified atom stereocenters. The maximum absolute atomic E-state index is 13.7. The van der Waals surface area contributed by atoms with Crippen LogP contribution in [0.2, 0.25) is 0 Å². The van der Waals surface area contributed by atoms with Gasteiger partial charge in [0.1, 0.15) is 27.8 Å². The summed E-state index contributed by atoms with van der Waals surface area (Å²) in [5.74, 6) is -0.304. The molecule has 49 heavy (non-hydrogen) atoms. The lowest BCUT2D eigenvalue weighted by Gasteiger charge is -2.15. The fourth-order valence-electron chi connectivity index (χ4n) is 5.85. The van der Waals surface area contributed by atoms with Gasteiger partial charge in [-0.1, -0.05) is 127 Å². The number of amides is 1. The van der Waals surface area contributed by atoms with Gasteiger partial charge in [0.05, 0.1) is 11.4 Å². The number of hydrogen-bond acceptors (Lipinski definition) is 8. The number of aromatic hydroxyl groups is 1. The third-order valence-electron chi connectivity index (χ3n) is 8.61. The number of carbonyl (C=O) groups is 1. The minimum Gasteiger partial charge on any atom is -0.506 e. The van der Waals surface area contributed by atoms with Gasteiger partial charge in [-0.2, -0.15) is 28.8 Å². The normalized spacial score (nSPS) is 14.9. The van der Waals surface area contributed by atoms with Crippen molar-refractivity contribution in [1.82, 2.24) is 0 Å². The molecule has 2 N–H and O–H groups in total. The molecule has 3 aromatic carbocycles. The number of rotatable bonds is 22. The lowest BCUT2D eigenvalue weighted by Crippen LogP contribution is -2.30. The van der Waals surface area contributed by atoms with Gasteiger partial charge in [0.15, 0.2) is 6.04 Å². The molecule has 0 bridgehead atoms. The second-order valence-electron chi connectivity index (χ2n) is 12.6. The predicted octanol–water partition coefficient (Wildman–Crippen LogP) is 10.5. The number of benzene rings is 3. The average Bonchev–Trinajstić information content (AvgIpc) is 3.40.